The Labute approximate surface area is 165 Å². The summed E-state index contributed by atoms with van der Waals surface area (Å²) in [6, 6.07) is 2.23. The standard InChI is InChI=1S/C17H20IN7O/c1-16(2)11-6-5-10-12(15-20-23-25(18)22-15)24(4)21-13(10)17(11,3)7-9(8-19)14(16)26/h9,11H,5-7H2,1-4H3/t9?,11-,17-/m0/s1. The van der Waals surface area contributed by atoms with Crippen molar-refractivity contribution in [2.75, 3.05) is 0 Å². The summed E-state index contributed by atoms with van der Waals surface area (Å²) >= 11 is 1.97. The highest BCUT2D eigenvalue weighted by atomic mass is 127. The minimum absolute atomic E-state index is 0.0663. The fraction of sp³-hybridized carbons (Fsp3) is 0.647. The molecule has 3 atom stereocenters. The number of aryl methyl sites for hydroxylation is 1. The van der Waals surface area contributed by atoms with Crippen LogP contribution in [0, 0.1) is 28.6 Å². The van der Waals surface area contributed by atoms with Crippen molar-refractivity contribution in [3.8, 4) is 17.6 Å². The third-order valence-electron chi connectivity index (χ3n) is 6.35. The van der Waals surface area contributed by atoms with E-state index >= 15 is 0 Å². The number of ketones is 1. The maximum absolute atomic E-state index is 12.8. The summed E-state index contributed by atoms with van der Waals surface area (Å²) in [7, 11) is 1.89. The number of Topliss-reactive ketones (excluding diaryl/α,β-unsaturated/α-hetero) is 1. The second-order valence-electron chi connectivity index (χ2n) is 8.13. The van der Waals surface area contributed by atoms with Crippen molar-refractivity contribution in [3.05, 3.63) is 11.3 Å². The van der Waals surface area contributed by atoms with Crippen LogP contribution in [-0.2, 0) is 23.7 Å². The zero-order chi connectivity index (χ0) is 18.9. The van der Waals surface area contributed by atoms with Crippen LogP contribution in [0.5, 0.6) is 0 Å². The lowest BCUT2D eigenvalue weighted by atomic mass is 9.49. The Kier molecular flexibility index (Phi) is 3.77. The highest BCUT2D eigenvalue weighted by molar-refractivity contribution is 14.1. The van der Waals surface area contributed by atoms with Crippen LogP contribution in [0.15, 0.2) is 0 Å². The van der Waals surface area contributed by atoms with Gasteiger partial charge in [0.1, 0.15) is 34.5 Å². The first-order chi connectivity index (χ1) is 12.2. The molecule has 0 radical (unpaired) electrons. The fourth-order valence-electron chi connectivity index (χ4n) is 5.25. The van der Waals surface area contributed by atoms with Crippen LogP contribution in [0.3, 0.4) is 0 Å². The molecule has 0 spiro atoms. The molecule has 0 aromatic carbocycles. The number of fused-ring (bicyclic) bond motifs is 3. The lowest BCUT2D eigenvalue weighted by Gasteiger charge is -2.52. The van der Waals surface area contributed by atoms with Gasteiger partial charge in [0.15, 0.2) is 5.78 Å². The zero-order valence-corrected chi connectivity index (χ0v) is 17.4. The van der Waals surface area contributed by atoms with Gasteiger partial charge in [-0.1, -0.05) is 20.8 Å². The average Bonchev–Trinajstić information content (AvgIpc) is 3.14. The third kappa shape index (κ3) is 2.20. The summed E-state index contributed by atoms with van der Waals surface area (Å²) in [6.45, 7) is 6.13. The van der Waals surface area contributed by atoms with Gasteiger partial charge in [-0.2, -0.15) is 10.4 Å². The van der Waals surface area contributed by atoms with Gasteiger partial charge in [-0.05, 0) is 30.4 Å². The number of halogens is 1. The Morgan fingerprint density at radius 1 is 1.31 bits per heavy atom. The van der Waals surface area contributed by atoms with E-state index in [2.05, 4.69) is 28.4 Å². The smallest absolute Gasteiger partial charge is 0.224 e. The van der Waals surface area contributed by atoms with Crippen molar-refractivity contribution in [1.82, 2.24) is 28.2 Å². The van der Waals surface area contributed by atoms with Crippen LogP contribution in [0.2, 0.25) is 0 Å². The van der Waals surface area contributed by atoms with E-state index in [0.717, 1.165) is 29.8 Å². The maximum Gasteiger partial charge on any atom is 0.224 e. The highest BCUT2D eigenvalue weighted by Gasteiger charge is 2.58. The predicted molar refractivity (Wildman–Crippen MR) is 101 cm³/mol. The first-order valence-electron chi connectivity index (χ1n) is 8.67. The molecule has 8 nitrogen and oxygen atoms in total. The molecular formula is C17H20IN7O. The average molecular weight is 465 g/mol. The normalized spacial score (nSPS) is 29.8. The van der Waals surface area contributed by atoms with E-state index in [-0.39, 0.29) is 17.1 Å². The van der Waals surface area contributed by atoms with E-state index in [1.807, 2.05) is 48.4 Å². The van der Waals surface area contributed by atoms with Crippen LogP contribution in [0.25, 0.3) is 11.5 Å². The Balaban J connectivity index is 1.89. The van der Waals surface area contributed by atoms with Gasteiger partial charge in [-0.25, -0.2) is 0 Å². The van der Waals surface area contributed by atoms with E-state index in [1.54, 1.807) is 0 Å². The molecular weight excluding hydrogens is 445 g/mol. The first kappa shape index (κ1) is 17.6. The zero-order valence-electron chi connectivity index (χ0n) is 15.2. The van der Waals surface area contributed by atoms with Crippen molar-refractivity contribution in [3.63, 3.8) is 0 Å². The van der Waals surface area contributed by atoms with E-state index in [4.69, 9.17) is 5.10 Å². The molecule has 1 saturated carbocycles. The molecule has 26 heavy (non-hydrogen) atoms. The van der Waals surface area contributed by atoms with Crippen LogP contribution in [0.4, 0.5) is 0 Å². The van der Waals surface area contributed by atoms with Crippen molar-refractivity contribution in [2.24, 2.45) is 24.3 Å². The molecule has 2 aliphatic rings. The van der Waals surface area contributed by atoms with Crippen molar-refractivity contribution in [1.29, 1.82) is 5.26 Å². The highest BCUT2D eigenvalue weighted by Crippen LogP contribution is 2.57. The van der Waals surface area contributed by atoms with Gasteiger partial charge in [0.25, 0.3) is 0 Å². The van der Waals surface area contributed by atoms with Crippen LogP contribution in [-0.4, -0.2) is 34.0 Å². The number of aromatic nitrogens is 6. The number of rotatable bonds is 1. The summed E-state index contributed by atoms with van der Waals surface area (Å²) in [5.74, 6) is 0.198. The molecule has 2 aliphatic carbocycles. The molecule has 1 fully saturated rings. The molecule has 0 aliphatic heterocycles. The van der Waals surface area contributed by atoms with E-state index in [9.17, 15) is 10.1 Å². The van der Waals surface area contributed by atoms with Crippen molar-refractivity contribution >= 4 is 28.6 Å². The molecule has 2 aromatic rings. The van der Waals surface area contributed by atoms with Crippen molar-refractivity contribution < 1.29 is 4.79 Å². The second-order valence-corrected chi connectivity index (χ2v) is 9.00. The minimum Gasteiger partial charge on any atom is -0.298 e. The van der Waals surface area contributed by atoms with Gasteiger partial charge in [-0.3, -0.25) is 9.48 Å². The quantitative estimate of drug-likeness (QED) is 0.599. The van der Waals surface area contributed by atoms with E-state index in [0.29, 0.717) is 12.2 Å². The third-order valence-corrected chi connectivity index (χ3v) is 6.76. The largest absolute Gasteiger partial charge is 0.298 e. The van der Waals surface area contributed by atoms with Gasteiger partial charge in [0.05, 0.1) is 11.8 Å². The minimum atomic E-state index is -0.587. The lowest BCUT2D eigenvalue weighted by Crippen LogP contribution is -2.55. The number of nitrogens with zero attached hydrogens (tertiary/aromatic N) is 7. The molecule has 0 bridgehead atoms. The Bertz CT molecular complexity index is 953. The first-order valence-corrected chi connectivity index (χ1v) is 9.63. The summed E-state index contributed by atoms with van der Waals surface area (Å²) in [4.78, 5) is 12.8. The van der Waals surface area contributed by atoms with Gasteiger partial charge in [0, 0.05) is 23.4 Å². The topological polar surface area (TPSA) is 102 Å². The Hall–Kier alpha value is -1.83. The molecule has 2 heterocycles. The molecule has 1 unspecified atom stereocenters. The van der Waals surface area contributed by atoms with E-state index in [1.165, 1.54) is 3.01 Å². The van der Waals surface area contributed by atoms with Crippen LogP contribution >= 0.6 is 22.9 Å². The lowest BCUT2D eigenvalue weighted by molar-refractivity contribution is -0.140. The molecule has 9 heteroatoms. The van der Waals surface area contributed by atoms with Gasteiger partial charge < -0.3 is 0 Å². The number of carbonyl (C=O) groups is 1. The van der Waals surface area contributed by atoms with E-state index < -0.39 is 11.3 Å². The number of tetrazole rings is 1. The van der Waals surface area contributed by atoms with Crippen molar-refractivity contribution in [2.45, 2.75) is 45.4 Å². The Morgan fingerprint density at radius 3 is 2.65 bits per heavy atom. The summed E-state index contributed by atoms with van der Waals surface area (Å²) < 4.78 is 3.23. The Morgan fingerprint density at radius 2 is 2.04 bits per heavy atom. The number of nitriles is 1. The monoisotopic (exact) mass is 465 g/mol. The summed E-state index contributed by atoms with van der Waals surface area (Å²) in [6.07, 6.45) is 2.23. The molecule has 2 aromatic heterocycles. The predicted octanol–water partition coefficient (Wildman–Crippen LogP) is 2.23. The molecule has 0 saturated heterocycles. The number of hydrogen-bond donors (Lipinski definition) is 0. The summed E-state index contributed by atoms with van der Waals surface area (Å²) in [5.41, 5.74) is 2.13. The van der Waals surface area contributed by atoms with Gasteiger partial charge >= 0.3 is 0 Å². The maximum atomic E-state index is 12.8. The van der Waals surface area contributed by atoms with Gasteiger partial charge in [-0.15, -0.1) is 13.2 Å². The summed E-state index contributed by atoms with van der Waals surface area (Å²) in [5, 5.41) is 26.8. The van der Waals surface area contributed by atoms with Gasteiger partial charge in [0.2, 0.25) is 5.82 Å². The number of hydrogen-bond acceptors (Lipinski definition) is 6. The number of carbonyl (C=O) groups excluding carboxylic acids is 1. The molecule has 0 N–H and O–H groups in total. The fourth-order valence-corrected chi connectivity index (χ4v) is 5.55. The van der Waals surface area contributed by atoms with Crippen LogP contribution < -0.4 is 0 Å². The molecule has 4 rings (SSSR count). The van der Waals surface area contributed by atoms with Crippen LogP contribution in [0.1, 0.15) is 44.9 Å². The SMILES string of the molecule is Cn1nc2c(c1-c1nnn(I)n1)CC[C@H]1C(C)(C)C(=O)C(C#N)C[C@]21C. The molecule has 136 valence electrons. The molecule has 0 amide bonds. The second kappa shape index (κ2) is 5.58.